The highest BCUT2D eigenvalue weighted by Gasteiger charge is 2.19. The molecule has 1 aliphatic rings. The van der Waals surface area contributed by atoms with Gasteiger partial charge < -0.3 is 5.32 Å². The van der Waals surface area contributed by atoms with E-state index in [1.165, 1.54) is 0 Å². The van der Waals surface area contributed by atoms with Crippen LogP contribution >= 0.6 is 15.9 Å². The Bertz CT molecular complexity index is 378. The lowest BCUT2D eigenvalue weighted by Gasteiger charge is -2.10. The van der Waals surface area contributed by atoms with Gasteiger partial charge in [-0.3, -0.25) is 4.79 Å². The summed E-state index contributed by atoms with van der Waals surface area (Å²) in [6.45, 7) is 2.12. The van der Waals surface area contributed by atoms with Crippen molar-refractivity contribution in [1.82, 2.24) is 4.98 Å². The molecular weight excluding hydrogens is 244 g/mol. The van der Waals surface area contributed by atoms with Crippen molar-refractivity contribution in [2.24, 2.45) is 0 Å². The third-order valence-corrected chi connectivity index (χ3v) is 2.91. The minimum atomic E-state index is 0.0606. The first-order valence-corrected chi connectivity index (χ1v) is 5.41. The lowest BCUT2D eigenvalue weighted by Crippen LogP contribution is -2.10. The molecule has 1 atom stereocenters. The average molecular weight is 255 g/mol. The highest BCUT2D eigenvalue weighted by Crippen LogP contribution is 2.31. The van der Waals surface area contributed by atoms with Gasteiger partial charge in [-0.15, -0.1) is 0 Å². The molecule has 3 nitrogen and oxygen atoms in total. The number of rotatable bonds is 0. The molecule has 0 saturated carbocycles. The van der Waals surface area contributed by atoms with Gasteiger partial charge in [0.15, 0.2) is 0 Å². The molecule has 0 aromatic carbocycles. The number of hydrogen-bond acceptors (Lipinski definition) is 2. The van der Waals surface area contributed by atoms with Gasteiger partial charge in [0.1, 0.15) is 5.82 Å². The van der Waals surface area contributed by atoms with Crippen molar-refractivity contribution < 1.29 is 4.79 Å². The van der Waals surface area contributed by atoms with Crippen LogP contribution in [0.15, 0.2) is 16.7 Å². The van der Waals surface area contributed by atoms with E-state index in [4.69, 9.17) is 0 Å². The van der Waals surface area contributed by atoms with Gasteiger partial charge in [-0.2, -0.15) is 0 Å². The summed E-state index contributed by atoms with van der Waals surface area (Å²) in [4.78, 5) is 15.5. The molecule has 0 fully saturated rings. The van der Waals surface area contributed by atoms with E-state index < -0.39 is 0 Å². The van der Waals surface area contributed by atoms with E-state index in [1.807, 2.05) is 6.07 Å². The van der Waals surface area contributed by atoms with Gasteiger partial charge in [-0.1, -0.05) is 6.92 Å². The van der Waals surface area contributed by atoms with E-state index in [0.717, 1.165) is 16.5 Å². The topological polar surface area (TPSA) is 42.0 Å². The first-order chi connectivity index (χ1) is 6.66. The summed E-state index contributed by atoms with van der Waals surface area (Å²) < 4.78 is 0.958. The van der Waals surface area contributed by atoms with Crippen LogP contribution in [0.25, 0.3) is 0 Å². The SMILES string of the molecule is CC1CCC(=O)Nc2ncc(Br)cc21. The van der Waals surface area contributed by atoms with Crippen molar-refractivity contribution in [1.29, 1.82) is 0 Å². The summed E-state index contributed by atoms with van der Waals surface area (Å²) in [6, 6.07) is 2.03. The molecule has 0 radical (unpaired) electrons. The first kappa shape index (κ1) is 9.65. The molecule has 0 aliphatic carbocycles. The molecule has 0 saturated heterocycles. The zero-order chi connectivity index (χ0) is 10.1. The molecule has 2 rings (SSSR count). The molecule has 4 heteroatoms. The highest BCUT2D eigenvalue weighted by atomic mass is 79.9. The van der Waals surface area contributed by atoms with E-state index in [1.54, 1.807) is 6.20 Å². The zero-order valence-electron chi connectivity index (χ0n) is 7.88. The number of nitrogens with one attached hydrogen (secondary N) is 1. The average Bonchev–Trinajstić information content (AvgIpc) is 2.29. The number of carbonyl (C=O) groups is 1. The Morgan fingerprint density at radius 3 is 3.21 bits per heavy atom. The molecule has 1 aromatic heterocycles. The highest BCUT2D eigenvalue weighted by molar-refractivity contribution is 9.10. The number of nitrogens with zero attached hydrogens (tertiary/aromatic N) is 1. The van der Waals surface area contributed by atoms with E-state index in [2.05, 4.69) is 33.2 Å². The summed E-state index contributed by atoms with van der Waals surface area (Å²) in [6.07, 6.45) is 3.17. The second-order valence-corrected chi connectivity index (χ2v) is 4.49. The number of anilines is 1. The lowest BCUT2D eigenvalue weighted by atomic mass is 9.98. The maximum atomic E-state index is 11.3. The standard InChI is InChI=1S/C10H11BrN2O/c1-6-2-3-9(14)13-10-8(6)4-7(11)5-12-10/h4-6H,2-3H2,1H3,(H,12,13,14). The number of fused-ring (bicyclic) bond motifs is 1. The Kier molecular flexibility index (Phi) is 2.54. The van der Waals surface area contributed by atoms with Crippen LogP contribution in [0.4, 0.5) is 5.82 Å². The zero-order valence-corrected chi connectivity index (χ0v) is 9.47. The Hall–Kier alpha value is -0.900. The van der Waals surface area contributed by atoms with Gasteiger partial charge >= 0.3 is 0 Å². The third-order valence-electron chi connectivity index (χ3n) is 2.48. The maximum absolute atomic E-state index is 11.3. The summed E-state index contributed by atoms with van der Waals surface area (Å²) in [7, 11) is 0. The minimum absolute atomic E-state index is 0.0606. The molecule has 74 valence electrons. The lowest BCUT2D eigenvalue weighted by molar-refractivity contribution is -0.116. The van der Waals surface area contributed by atoms with E-state index >= 15 is 0 Å². The second kappa shape index (κ2) is 3.69. The first-order valence-electron chi connectivity index (χ1n) is 4.62. The fourth-order valence-electron chi connectivity index (χ4n) is 1.63. The van der Waals surface area contributed by atoms with Gasteiger partial charge in [0, 0.05) is 17.1 Å². The smallest absolute Gasteiger partial charge is 0.225 e. The second-order valence-electron chi connectivity index (χ2n) is 3.58. The van der Waals surface area contributed by atoms with Crippen LogP contribution in [-0.4, -0.2) is 10.9 Å². The molecule has 0 bridgehead atoms. The number of aromatic nitrogens is 1. The van der Waals surface area contributed by atoms with Crippen LogP contribution in [0, 0.1) is 0 Å². The van der Waals surface area contributed by atoms with E-state index in [-0.39, 0.29) is 5.91 Å². The molecule has 1 unspecified atom stereocenters. The van der Waals surface area contributed by atoms with Crippen molar-refractivity contribution >= 4 is 27.7 Å². The molecule has 1 N–H and O–H groups in total. The Labute approximate surface area is 91.0 Å². The van der Waals surface area contributed by atoms with Crippen molar-refractivity contribution in [2.75, 3.05) is 5.32 Å². The van der Waals surface area contributed by atoms with E-state index in [0.29, 0.717) is 18.2 Å². The van der Waals surface area contributed by atoms with Crippen molar-refractivity contribution in [3.05, 3.63) is 22.3 Å². The van der Waals surface area contributed by atoms with Gasteiger partial charge in [0.25, 0.3) is 0 Å². The quantitative estimate of drug-likeness (QED) is 0.774. The molecule has 0 spiro atoms. The Morgan fingerprint density at radius 2 is 2.43 bits per heavy atom. The summed E-state index contributed by atoms with van der Waals surface area (Å²) in [5, 5.41) is 2.81. The molecule has 1 amide bonds. The molecule has 1 aliphatic heterocycles. The maximum Gasteiger partial charge on any atom is 0.225 e. The predicted octanol–water partition coefficient (Wildman–Crippen LogP) is 2.68. The van der Waals surface area contributed by atoms with Crippen molar-refractivity contribution in [2.45, 2.75) is 25.7 Å². The normalized spacial score (nSPS) is 21.0. The van der Waals surface area contributed by atoms with Crippen LogP contribution in [-0.2, 0) is 4.79 Å². The van der Waals surface area contributed by atoms with Crippen molar-refractivity contribution in [3.63, 3.8) is 0 Å². The molecule has 2 heterocycles. The molecule has 1 aromatic rings. The summed E-state index contributed by atoms with van der Waals surface area (Å²) in [5.41, 5.74) is 1.12. The van der Waals surface area contributed by atoms with Crippen molar-refractivity contribution in [3.8, 4) is 0 Å². The number of hydrogen-bond donors (Lipinski definition) is 1. The van der Waals surface area contributed by atoms with E-state index in [9.17, 15) is 4.79 Å². The Morgan fingerprint density at radius 1 is 1.64 bits per heavy atom. The number of pyridine rings is 1. The van der Waals surface area contributed by atoms with Gasteiger partial charge in [0.2, 0.25) is 5.91 Å². The fraction of sp³-hybridized carbons (Fsp3) is 0.400. The van der Waals surface area contributed by atoms with Crippen LogP contribution in [0.5, 0.6) is 0 Å². The van der Waals surface area contributed by atoms with Gasteiger partial charge in [0.05, 0.1) is 0 Å². The monoisotopic (exact) mass is 254 g/mol. The van der Waals surface area contributed by atoms with Crippen LogP contribution < -0.4 is 5.32 Å². The predicted molar refractivity (Wildman–Crippen MR) is 58.2 cm³/mol. The third kappa shape index (κ3) is 1.80. The van der Waals surface area contributed by atoms with Crippen LogP contribution in [0.2, 0.25) is 0 Å². The summed E-state index contributed by atoms with van der Waals surface area (Å²) >= 11 is 3.38. The largest absolute Gasteiger partial charge is 0.310 e. The number of halogens is 1. The van der Waals surface area contributed by atoms with Gasteiger partial charge in [-0.05, 0) is 39.9 Å². The Balaban J connectivity index is 2.46. The number of carbonyl (C=O) groups excluding carboxylic acids is 1. The molecule has 14 heavy (non-hydrogen) atoms. The fourth-order valence-corrected chi connectivity index (χ4v) is 1.98. The molecular formula is C10H11BrN2O. The minimum Gasteiger partial charge on any atom is -0.310 e. The van der Waals surface area contributed by atoms with Gasteiger partial charge in [-0.25, -0.2) is 4.98 Å². The van der Waals surface area contributed by atoms with Crippen LogP contribution in [0.3, 0.4) is 0 Å². The van der Waals surface area contributed by atoms with Crippen LogP contribution in [0.1, 0.15) is 31.2 Å². The summed E-state index contributed by atoms with van der Waals surface area (Å²) in [5.74, 6) is 1.16. The number of amides is 1.